The Morgan fingerprint density at radius 1 is 0.480 bits per heavy atom. The number of rotatable bonds is 4. The molecule has 0 saturated carbocycles. The molecule has 9 heteroatoms. The molecule has 0 N–H and O–H groups in total. The van der Waals surface area contributed by atoms with Gasteiger partial charge in [-0.25, -0.2) is 0 Å². The van der Waals surface area contributed by atoms with Gasteiger partial charge in [0.1, 0.15) is 0 Å². The first-order valence-electron chi connectivity index (χ1n) is 9.73. The molecule has 0 spiro atoms. The van der Waals surface area contributed by atoms with Gasteiger partial charge in [0, 0.05) is 0 Å². The van der Waals surface area contributed by atoms with E-state index >= 15 is 0 Å². The van der Waals surface area contributed by atoms with Crippen LogP contribution in [0.2, 0.25) is 0 Å². The predicted octanol–water partition coefficient (Wildman–Crippen LogP) is 1.45. The van der Waals surface area contributed by atoms with Crippen molar-refractivity contribution >= 4 is 17.8 Å². The summed E-state index contributed by atoms with van der Waals surface area (Å²) in [6.45, 7) is 9.15. The van der Waals surface area contributed by atoms with Crippen LogP contribution in [0.25, 0.3) is 0 Å². The Hall–Kier alpha value is 0.440. The van der Waals surface area contributed by atoms with Crippen molar-refractivity contribution in [2.24, 2.45) is 0 Å². The summed E-state index contributed by atoms with van der Waals surface area (Å²) < 4.78 is 27.5. The van der Waals surface area contributed by atoms with E-state index in [9.17, 15) is 0 Å². The third-order valence-electron chi connectivity index (χ3n) is 5.99. The van der Waals surface area contributed by atoms with Crippen LogP contribution in [0.5, 0.6) is 0 Å². The molecule has 0 amide bonds. The zero-order valence-electron chi connectivity index (χ0n) is 15.2. The van der Waals surface area contributed by atoms with Crippen LogP contribution in [-0.2, 0) is 14.2 Å². The Kier molecular flexibility index (Phi) is 5.88. The van der Waals surface area contributed by atoms with Crippen molar-refractivity contribution in [1.82, 2.24) is 18.7 Å². The van der Waals surface area contributed by atoms with E-state index in [-0.39, 0.29) is 0 Å². The summed E-state index contributed by atoms with van der Waals surface area (Å²) in [7, 11) is 0. The number of hydrogen-bond acceptors (Lipinski definition) is 7. The Bertz CT molecular complexity index is 402. The first-order valence-corrected chi connectivity index (χ1v) is 12.7. The summed E-state index contributed by atoms with van der Waals surface area (Å²) in [5, 5.41) is 0. The fourth-order valence-corrected chi connectivity index (χ4v) is 12.3. The van der Waals surface area contributed by atoms with Crippen molar-refractivity contribution in [3.63, 3.8) is 0 Å². The molecule has 0 aromatic rings. The van der Waals surface area contributed by atoms with Crippen molar-refractivity contribution in [3.05, 3.63) is 0 Å². The summed E-state index contributed by atoms with van der Waals surface area (Å²) in [6, 6.07) is 0. The molecule has 25 heavy (non-hydrogen) atoms. The van der Waals surface area contributed by atoms with Crippen LogP contribution in [-0.4, -0.2) is 111 Å². The van der Waals surface area contributed by atoms with Crippen LogP contribution in [0.1, 0.15) is 12.8 Å². The van der Waals surface area contributed by atoms with Crippen molar-refractivity contribution in [1.29, 1.82) is 0 Å². The quantitative estimate of drug-likeness (QED) is 0.668. The van der Waals surface area contributed by atoms with E-state index in [1.807, 2.05) is 0 Å². The van der Waals surface area contributed by atoms with Gasteiger partial charge in [-0.1, -0.05) is 0 Å². The molecule has 0 unspecified atom stereocenters. The molecule has 4 saturated heterocycles. The van der Waals surface area contributed by atoms with Crippen LogP contribution in [0.4, 0.5) is 0 Å². The van der Waals surface area contributed by atoms with E-state index in [0.29, 0.717) is 0 Å². The molecule has 0 aromatic carbocycles. The fourth-order valence-electron chi connectivity index (χ4n) is 4.81. The molecule has 4 aliphatic rings. The topological polar surface area (TPSA) is 40.7 Å². The van der Waals surface area contributed by atoms with Gasteiger partial charge < -0.3 is 0 Å². The minimum absolute atomic E-state index is 0.771. The summed E-state index contributed by atoms with van der Waals surface area (Å²) in [5.74, 6) is 0. The maximum atomic E-state index is 8.11. The normalized spacial score (nSPS) is 31.0. The second kappa shape index (κ2) is 7.82. The van der Waals surface area contributed by atoms with Crippen molar-refractivity contribution in [2.45, 2.75) is 12.8 Å². The molecule has 4 fully saturated rings. The van der Waals surface area contributed by atoms with E-state index < -0.39 is 6.56 Å². The summed E-state index contributed by atoms with van der Waals surface area (Å²) >= 11 is 8.11. The van der Waals surface area contributed by atoms with Gasteiger partial charge in [0.15, 0.2) is 0 Å². The number of hydrogen-bond donors (Lipinski definition) is 0. The average Bonchev–Trinajstić information content (AvgIpc) is 3.25. The maximum absolute atomic E-state index is 8.11. The third-order valence-corrected chi connectivity index (χ3v) is 14.0. The molecule has 0 radical (unpaired) electrons. The van der Waals surface area contributed by atoms with Crippen LogP contribution < -0.4 is 0 Å². The fraction of sp³-hybridized carbons (Fsp3) is 1.00. The first-order chi connectivity index (χ1) is 12.2. The molecule has 4 rings (SSSR count). The number of halogens is 1. The van der Waals surface area contributed by atoms with E-state index in [0.717, 1.165) is 92.0 Å². The molecule has 0 atom stereocenters. The van der Waals surface area contributed by atoms with Crippen LogP contribution in [0, 0.1) is 0 Å². The van der Waals surface area contributed by atoms with E-state index in [1.165, 1.54) is 12.8 Å². The third kappa shape index (κ3) is 3.06. The zero-order valence-corrected chi connectivity index (χ0v) is 16.8. The second-order valence-electron chi connectivity index (χ2n) is 7.20. The average molecular weight is 395 g/mol. The molecule has 0 aliphatic carbocycles. The van der Waals surface area contributed by atoms with E-state index in [2.05, 4.69) is 18.7 Å². The van der Waals surface area contributed by atoms with Crippen molar-refractivity contribution in [3.8, 4) is 0 Å². The summed E-state index contributed by atoms with van der Waals surface area (Å²) in [4.78, 5) is 0. The van der Waals surface area contributed by atoms with Crippen molar-refractivity contribution < 1.29 is 14.2 Å². The summed E-state index contributed by atoms with van der Waals surface area (Å²) in [5.41, 5.74) is 0. The van der Waals surface area contributed by atoms with Gasteiger partial charge in [-0.05, 0) is 0 Å². The number of morpholine rings is 3. The minimum atomic E-state index is -3.11. The Morgan fingerprint density at radius 3 is 1.08 bits per heavy atom. The molecule has 4 aliphatic heterocycles. The van der Waals surface area contributed by atoms with Crippen molar-refractivity contribution in [2.75, 3.05) is 92.0 Å². The van der Waals surface area contributed by atoms with E-state index in [1.54, 1.807) is 0 Å². The van der Waals surface area contributed by atoms with Crippen LogP contribution >= 0.6 is 17.8 Å². The van der Waals surface area contributed by atoms with Gasteiger partial charge in [0.2, 0.25) is 0 Å². The molecular weight excluding hydrogens is 363 g/mol. The monoisotopic (exact) mass is 394 g/mol. The molecule has 146 valence electrons. The molecule has 4 heterocycles. The van der Waals surface area contributed by atoms with Gasteiger partial charge in [0.05, 0.1) is 0 Å². The molecule has 0 aromatic heterocycles. The Labute approximate surface area is 156 Å². The Balaban J connectivity index is 1.79. The molecular formula is C16H32ClN4O3P. The van der Waals surface area contributed by atoms with Gasteiger partial charge >= 0.3 is 156 Å². The zero-order chi connectivity index (χ0) is 17.2. The SMILES string of the molecule is ClP(N1CCCC1)(N1CCOCC1)(N1CCOCC1)N1CCOCC1. The summed E-state index contributed by atoms with van der Waals surface area (Å²) in [6.07, 6.45) is 2.48. The predicted molar refractivity (Wildman–Crippen MR) is 101 cm³/mol. The Morgan fingerprint density at radius 2 is 0.760 bits per heavy atom. The molecule has 7 nitrogen and oxygen atoms in total. The first kappa shape index (κ1) is 18.8. The van der Waals surface area contributed by atoms with Crippen LogP contribution in [0.3, 0.4) is 0 Å². The number of ether oxygens (including phenoxy) is 3. The van der Waals surface area contributed by atoms with Gasteiger partial charge in [-0.2, -0.15) is 0 Å². The second-order valence-corrected chi connectivity index (χ2v) is 13.0. The van der Waals surface area contributed by atoms with Gasteiger partial charge in [-0.3, -0.25) is 0 Å². The molecule has 0 bridgehead atoms. The van der Waals surface area contributed by atoms with Gasteiger partial charge in [-0.15, -0.1) is 0 Å². The van der Waals surface area contributed by atoms with Gasteiger partial charge in [0.25, 0.3) is 0 Å². The van der Waals surface area contributed by atoms with E-state index in [4.69, 9.17) is 25.5 Å². The number of nitrogens with zero attached hydrogens (tertiary/aromatic N) is 4. The van der Waals surface area contributed by atoms with Crippen LogP contribution in [0.15, 0.2) is 0 Å². The standard InChI is InChI=1S/C16H32ClN4O3P/c17-25(18-3-1-2-4-18,19-5-11-22-12-6-19,20-7-13-23-14-8-20)21-9-15-24-16-10-21/h1-16H2.